The van der Waals surface area contributed by atoms with E-state index >= 15 is 0 Å². The number of unbranched alkanes of at least 4 members (excludes halogenated alkanes) is 1. The van der Waals surface area contributed by atoms with Gasteiger partial charge in [-0.1, -0.05) is 79.2 Å². The minimum Gasteiger partial charge on any atom is -0.493 e. The van der Waals surface area contributed by atoms with Gasteiger partial charge >= 0.3 is 11.9 Å². The van der Waals surface area contributed by atoms with E-state index in [4.69, 9.17) is 14.2 Å². The lowest BCUT2D eigenvalue weighted by molar-refractivity contribution is -0.140. The maximum Gasteiger partial charge on any atom is 0.337 e. The normalized spacial score (nSPS) is 11.7. The van der Waals surface area contributed by atoms with Crippen LogP contribution in [0.1, 0.15) is 59.2 Å². The van der Waals surface area contributed by atoms with Crippen LogP contribution in [0.15, 0.2) is 84.9 Å². The molecule has 0 aliphatic heterocycles. The Morgan fingerprint density at radius 3 is 2.26 bits per heavy atom. The molecule has 0 saturated heterocycles. The van der Waals surface area contributed by atoms with E-state index in [1.807, 2.05) is 36.4 Å². The van der Waals surface area contributed by atoms with Crippen LogP contribution in [0.2, 0.25) is 0 Å². The van der Waals surface area contributed by atoms with Crippen molar-refractivity contribution in [1.29, 1.82) is 0 Å². The van der Waals surface area contributed by atoms with Crippen molar-refractivity contribution >= 4 is 18.0 Å². The molecule has 0 aliphatic carbocycles. The first-order valence-corrected chi connectivity index (χ1v) is 13.3. The van der Waals surface area contributed by atoms with E-state index in [0.29, 0.717) is 18.6 Å². The van der Waals surface area contributed by atoms with Crippen molar-refractivity contribution in [1.82, 2.24) is 0 Å². The maximum absolute atomic E-state index is 11.8. The van der Waals surface area contributed by atoms with E-state index in [1.54, 1.807) is 12.1 Å². The van der Waals surface area contributed by atoms with Crippen molar-refractivity contribution < 1.29 is 23.8 Å². The quantitative estimate of drug-likeness (QED) is 0.160. The van der Waals surface area contributed by atoms with Gasteiger partial charge in [0, 0.05) is 12.0 Å². The third kappa shape index (κ3) is 9.89. The summed E-state index contributed by atoms with van der Waals surface area (Å²) in [5.74, 6) is 0.636. The van der Waals surface area contributed by atoms with Crippen LogP contribution in [-0.2, 0) is 27.1 Å². The van der Waals surface area contributed by atoms with Gasteiger partial charge in [0.2, 0.25) is 0 Å². The van der Waals surface area contributed by atoms with Crippen LogP contribution in [0.25, 0.3) is 6.08 Å². The van der Waals surface area contributed by atoms with E-state index in [2.05, 4.69) is 42.5 Å². The van der Waals surface area contributed by atoms with Gasteiger partial charge in [0.1, 0.15) is 5.75 Å². The van der Waals surface area contributed by atoms with Crippen LogP contribution < -0.4 is 4.74 Å². The number of benzene rings is 3. The number of hydrogen-bond acceptors (Lipinski definition) is 5. The lowest BCUT2D eigenvalue weighted by Gasteiger charge is -2.14. The van der Waals surface area contributed by atoms with E-state index in [0.717, 1.165) is 55.4 Å². The molecule has 0 heterocycles. The van der Waals surface area contributed by atoms with E-state index in [-0.39, 0.29) is 17.9 Å². The highest BCUT2D eigenvalue weighted by Gasteiger charge is 2.11. The Bertz CT molecular complexity index is 1150. The molecule has 0 saturated carbocycles. The number of rotatable bonds is 15. The van der Waals surface area contributed by atoms with Crippen molar-refractivity contribution in [3.8, 4) is 5.75 Å². The van der Waals surface area contributed by atoms with Gasteiger partial charge < -0.3 is 14.2 Å². The fourth-order valence-electron chi connectivity index (χ4n) is 4.33. The summed E-state index contributed by atoms with van der Waals surface area (Å²) in [5, 5.41) is 0. The Balaban J connectivity index is 1.63. The summed E-state index contributed by atoms with van der Waals surface area (Å²) in [6, 6.07) is 26.1. The largest absolute Gasteiger partial charge is 0.493 e. The SMILES string of the molecule is COC(=O)CCCCC(C=Cc1ccccc1OCCCc1ccccc1)Cc1ccc(C(=O)OC)cc1. The first-order valence-electron chi connectivity index (χ1n) is 13.3. The predicted molar refractivity (Wildman–Crippen MR) is 151 cm³/mol. The molecule has 0 aliphatic rings. The molecule has 3 rings (SSSR count). The van der Waals surface area contributed by atoms with Crippen molar-refractivity contribution in [3.05, 3.63) is 107 Å². The van der Waals surface area contributed by atoms with Gasteiger partial charge in [-0.15, -0.1) is 0 Å². The summed E-state index contributed by atoms with van der Waals surface area (Å²) in [6.45, 7) is 0.656. The van der Waals surface area contributed by atoms with E-state index in [1.165, 1.54) is 19.8 Å². The summed E-state index contributed by atoms with van der Waals surface area (Å²) in [6.07, 6.45) is 10.2. The molecule has 1 atom stereocenters. The van der Waals surface area contributed by atoms with Crippen LogP contribution in [0.4, 0.5) is 0 Å². The molecule has 3 aromatic carbocycles. The number of esters is 2. The van der Waals surface area contributed by atoms with E-state index < -0.39 is 0 Å². The van der Waals surface area contributed by atoms with Gasteiger partial charge in [-0.2, -0.15) is 0 Å². The molecule has 38 heavy (non-hydrogen) atoms. The van der Waals surface area contributed by atoms with Gasteiger partial charge in [0.05, 0.1) is 26.4 Å². The highest BCUT2D eigenvalue weighted by molar-refractivity contribution is 5.89. The zero-order chi connectivity index (χ0) is 27.0. The fraction of sp³-hybridized carbons (Fsp3) is 0.333. The fourth-order valence-corrected chi connectivity index (χ4v) is 4.33. The molecule has 5 nitrogen and oxygen atoms in total. The smallest absolute Gasteiger partial charge is 0.337 e. The number of carbonyl (C=O) groups excluding carboxylic acids is 2. The van der Waals surface area contributed by atoms with Crippen molar-refractivity contribution in [2.75, 3.05) is 20.8 Å². The molecule has 5 heteroatoms. The predicted octanol–water partition coefficient (Wildman–Crippen LogP) is 7.09. The second-order valence-electron chi connectivity index (χ2n) is 9.31. The van der Waals surface area contributed by atoms with Crippen molar-refractivity contribution in [2.24, 2.45) is 5.92 Å². The summed E-state index contributed by atoms with van der Waals surface area (Å²) in [5.41, 5.74) is 4.05. The Morgan fingerprint density at radius 2 is 1.53 bits per heavy atom. The average Bonchev–Trinajstić information content (AvgIpc) is 2.97. The second kappa shape index (κ2) is 16.1. The first-order chi connectivity index (χ1) is 18.6. The second-order valence-corrected chi connectivity index (χ2v) is 9.31. The lowest BCUT2D eigenvalue weighted by Crippen LogP contribution is -2.05. The molecular weight excluding hydrogens is 476 g/mol. The minimum atomic E-state index is -0.337. The van der Waals surface area contributed by atoms with Crippen LogP contribution in [0, 0.1) is 5.92 Å². The monoisotopic (exact) mass is 514 g/mol. The molecule has 3 aromatic rings. The first kappa shape index (κ1) is 28.7. The van der Waals surface area contributed by atoms with Gasteiger partial charge in [-0.05, 0) is 67.3 Å². The standard InChI is InChI=1S/C33H38O5/c1-36-32(34)17-9-6-13-27(25-28-19-22-30(23-20-28)33(35)37-2)18-21-29-15-7-8-16-31(29)38-24-10-14-26-11-4-3-5-12-26/h3-5,7-8,11-12,15-16,18-23,27H,6,9-10,13-14,17,24-25H2,1-2H3. The molecule has 0 N–H and O–H groups in total. The maximum atomic E-state index is 11.8. The number of ether oxygens (including phenoxy) is 3. The van der Waals surface area contributed by atoms with Crippen molar-refractivity contribution in [3.63, 3.8) is 0 Å². The van der Waals surface area contributed by atoms with Crippen LogP contribution >= 0.6 is 0 Å². The molecule has 1 unspecified atom stereocenters. The van der Waals surface area contributed by atoms with E-state index in [9.17, 15) is 9.59 Å². The van der Waals surface area contributed by atoms with Crippen LogP contribution in [-0.4, -0.2) is 32.8 Å². The molecule has 0 spiro atoms. The van der Waals surface area contributed by atoms with Gasteiger partial charge in [-0.25, -0.2) is 4.79 Å². The van der Waals surface area contributed by atoms with Crippen molar-refractivity contribution in [2.45, 2.75) is 44.9 Å². The van der Waals surface area contributed by atoms with Gasteiger partial charge in [0.15, 0.2) is 0 Å². The minimum absolute atomic E-state index is 0.172. The number of allylic oxidation sites excluding steroid dienone is 1. The number of carbonyl (C=O) groups is 2. The summed E-state index contributed by atoms with van der Waals surface area (Å²) in [4.78, 5) is 23.3. The van der Waals surface area contributed by atoms with Crippen LogP contribution in [0.3, 0.4) is 0 Å². The molecule has 200 valence electrons. The summed E-state index contributed by atoms with van der Waals surface area (Å²) >= 11 is 0. The number of methoxy groups -OCH3 is 2. The zero-order valence-electron chi connectivity index (χ0n) is 22.4. The molecule has 0 fully saturated rings. The number of para-hydroxylation sites is 1. The Kier molecular flexibility index (Phi) is 12.1. The number of aryl methyl sites for hydroxylation is 1. The van der Waals surface area contributed by atoms with Gasteiger partial charge in [-0.3, -0.25) is 4.79 Å². The van der Waals surface area contributed by atoms with Crippen LogP contribution in [0.5, 0.6) is 5.75 Å². The molecular formula is C33H38O5. The Hall–Kier alpha value is -3.86. The molecule has 0 radical (unpaired) electrons. The molecule has 0 bridgehead atoms. The molecule has 0 amide bonds. The molecule has 0 aromatic heterocycles. The summed E-state index contributed by atoms with van der Waals surface area (Å²) in [7, 11) is 2.81. The Labute approximate surface area is 226 Å². The number of hydrogen-bond donors (Lipinski definition) is 0. The third-order valence-electron chi connectivity index (χ3n) is 6.48. The topological polar surface area (TPSA) is 61.8 Å². The summed E-state index contributed by atoms with van der Waals surface area (Å²) < 4.78 is 15.7. The zero-order valence-corrected chi connectivity index (χ0v) is 22.4. The highest BCUT2D eigenvalue weighted by Crippen LogP contribution is 2.24. The average molecular weight is 515 g/mol. The Morgan fingerprint density at radius 1 is 0.789 bits per heavy atom. The lowest BCUT2D eigenvalue weighted by atomic mass is 9.92. The van der Waals surface area contributed by atoms with Gasteiger partial charge in [0.25, 0.3) is 0 Å². The highest BCUT2D eigenvalue weighted by atomic mass is 16.5. The third-order valence-corrected chi connectivity index (χ3v) is 6.48.